The van der Waals surface area contributed by atoms with E-state index in [0.29, 0.717) is 18.9 Å². The topological polar surface area (TPSA) is 41.6 Å². The predicted molar refractivity (Wildman–Crippen MR) is 75.1 cm³/mol. The van der Waals surface area contributed by atoms with Crippen LogP contribution < -0.4 is 10.1 Å². The summed E-state index contributed by atoms with van der Waals surface area (Å²) in [5.74, 6) is 0.165. The maximum Gasteiger partial charge on any atom is 0.249 e. The summed E-state index contributed by atoms with van der Waals surface area (Å²) in [4.78, 5) is 13.7. The molecule has 20 heavy (non-hydrogen) atoms. The van der Waals surface area contributed by atoms with E-state index in [2.05, 4.69) is 5.32 Å². The number of likely N-dealkylation sites (N-methyl/N-ethyl adjacent to an activating group) is 1. The van der Waals surface area contributed by atoms with Gasteiger partial charge in [0.25, 0.3) is 0 Å². The average Bonchev–Trinajstić information content (AvgIpc) is 2.35. The molecular formula is C15H19FN2O2. The molecule has 1 amide bonds. The Morgan fingerprint density at radius 3 is 2.80 bits per heavy atom. The van der Waals surface area contributed by atoms with Crippen molar-refractivity contribution in [3.05, 3.63) is 41.2 Å². The molecule has 108 valence electrons. The maximum atomic E-state index is 13.0. The highest BCUT2D eigenvalue weighted by Gasteiger charge is 2.18. The molecule has 0 spiro atoms. The van der Waals surface area contributed by atoms with E-state index < -0.39 is 0 Å². The molecule has 0 aromatic heterocycles. The van der Waals surface area contributed by atoms with Gasteiger partial charge in [-0.2, -0.15) is 0 Å². The van der Waals surface area contributed by atoms with E-state index in [1.807, 2.05) is 6.92 Å². The normalized spacial score (nSPS) is 13.7. The number of ether oxygens (including phenoxy) is 1. The summed E-state index contributed by atoms with van der Waals surface area (Å²) < 4.78 is 18.4. The number of rotatable bonds is 5. The van der Waals surface area contributed by atoms with Gasteiger partial charge in [-0.1, -0.05) is 6.07 Å². The van der Waals surface area contributed by atoms with E-state index in [0.717, 1.165) is 24.2 Å². The third-order valence-electron chi connectivity index (χ3n) is 3.37. The fraction of sp³-hybridized carbons (Fsp3) is 0.400. The number of carbonyl (C=O) groups is 1. The van der Waals surface area contributed by atoms with Crippen LogP contribution in [0.1, 0.15) is 6.92 Å². The Morgan fingerprint density at radius 1 is 1.45 bits per heavy atom. The molecule has 1 N–H and O–H groups in total. The number of hydrogen-bond donors (Lipinski definition) is 1. The summed E-state index contributed by atoms with van der Waals surface area (Å²) in [7, 11) is 1.74. The van der Waals surface area contributed by atoms with Gasteiger partial charge in [0, 0.05) is 31.8 Å². The highest BCUT2D eigenvalue weighted by Crippen LogP contribution is 2.13. The largest absolute Gasteiger partial charge is 0.492 e. The van der Waals surface area contributed by atoms with Crippen molar-refractivity contribution in [1.29, 1.82) is 0 Å². The molecule has 2 rings (SSSR count). The molecule has 0 atom stereocenters. The van der Waals surface area contributed by atoms with Gasteiger partial charge in [0.2, 0.25) is 5.91 Å². The van der Waals surface area contributed by atoms with E-state index in [1.54, 1.807) is 24.1 Å². The van der Waals surface area contributed by atoms with E-state index in [-0.39, 0.29) is 11.7 Å². The Hall–Kier alpha value is -1.88. The Labute approximate surface area is 118 Å². The Bertz CT molecular complexity index is 522. The summed E-state index contributed by atoms with van der Waals surface area (Å²) in [6.45, 7) is 4.25. The molecule has 4 nitrogen and oxygen atoms in total. The van der Waals surface area contributed by atoms with Gasteiger partial charge in [0.05, 0.1) is 6.54 Å². The van der Waals surface area contributed by atoms with Crippen molar-refractivity contribution in [3.8, 4) is 5.75 Å². The molecule has 1 fully saturated rings. The highest BCUT2D eigenvalue weighted by molar-refractivity contribution is 5.93. The van der Waals surface area contributed by atoms with Crippen LogP contribution in [0.3, 0.4) is 0 Å². The lowest BCUT2D eigenvalue weighted by atomic mass is 10.0. The summed E-state index contributed by atoms with van der Waals surface area (Å²) in [6, 6.07) is 5.98. The maximum absolute atomic E-state index is 13.0. The fourth-order valence-electron chi connectivity index (χ4n) is 1.91. The zero-order chi connectivity index (χ0) is 14.5. The second-order valence-corrected chi connectivity index (χ2v) is 4.86. The number of halogens is 1. The molecule has 1 aromatic rings. The number of hydrogen-bond acceptors (Lipinski definition) is 3. The lowest BCUT2D eigenvalue weighted by Gasteiger charge is -2.24. The van der Waals surface area contributed by atoms with Crippen molar-refractivity contribution in [2.45, 2.75) is 6.92 Å². The van der Waals surface area contributed by atoms with Crippen molar-refractivity contribution < 1.29 is 13.9 Å². The number of benzene rings is 1. The minimum absolute atomic E-state index is 0.0179. The molecule has 0 bridgehead atoms. The van der Waals surface area contributed by atoms with Crippen LogP contribution >= 0.6 is 0 Å². The highest BCUT2D eigenvalue weighted by atomic mass is 19.1. The monoisotopic (exact) mass is 278 g/mol. The molecule has 0 aliphatic carbocycles. The van der Waals surface area contributed by atoms with Crippen LogP contribution in [0.2, 0.25) is 0 Å². The molecular weight excluding hydrogens is 259 g/mol. The number of amides is 1. The van der Waals surface area contributed by atoms with Crippen molar-refractivity contribution in [1.82, 2.24) is 10.2 Å². The minimum atomic E-state index is -0.329. The van der Waals surface area contributed by atoms with Gasteiger partial charge in [-0.05, 0) is 24.6 Å². The van der Waals surface area contributed by atoms with E-state index in [4.69, 9.17) is 4.74 Å². The Balaban J connectivity index is 1.80. The first kappa shape index (κ1) is 14.5. The van der Waals surface area contributed by atoms with Gasteiger partial charge in [0.15, 0.2) is 0 Å². The van der Waals surface area contributed by atoms with Crippen molar-refractivity contribution in [2.75, 3.05) is 33.3 Å². The Kier molecular flexibility index (Phi) is 4.74. The molecule has 0 saturated carbocycles. The van der Waals surface area contributed by atoms with E-state index >= 15 is 0 Å². The van der Waals surface area contributed by atoms with E-state index in [9.17, 15) is 9.18 Å². The third-order valence-corrected chi connectivity index (χ3v) is 3.37. The quantitative estimate of drug-likeness (QED) is 0.832. The van der Waals surface area contributed by atoms with Gasteiger partial charge in [-0.25, -0.2) is 4.39 Å². The summed E-state index contributed by atoms with van der Waals surface area (Å²) in [5, 5.41) is 3.12. The third kappa shape index (κ3) is 3.57. The second kappa shape index (κ2) is 6.52. The van der Waals surface area contributed by atoms with Gasteiger partial charge >= 0.3 is 0 Å². The smallest absolute Gasteiger partial charge is 0.249 e. The minimum Gasteiger partial charge on any atom is -0.492 e. The van der Waals surface area contributed by atoms with Gasteiger partial charge in [-0.15, -0.1) is 0 Å². The van der Waals surface area contributed by atoms with Crippen LogP contribution in [0, 0.1) is 5.82 Å². The molecule has 5 heteroatoms. The van der Waals surface area contributed by atoms with Crippen LogP contribution in [-0.4, -0.2) is 44.1 Å². The molecule has 1 heterocycles. The van der Waals surface area contributed by atoms with Crippen molar-refractivity contribution in [2.24, 2.45) is 0 Å². The number of carbonyl (C=O) groups excluding carboxylic acids is 1. The van der Waals surface area contributed by atoms with Gasteiger partial charge < -0.3 is 15.0 Å². The molecule has 1 aromatic carbocycles. The molecule has 0 radical (unpaired) electrons. The first-order valence-electron chi connectivity index (χ1n) is 6.61. The van der Waals surface area contributed by atoms with Crippen LogP contribution in [-0.2, 0) is 4.79 Å². The van der Waals surface area contributed by atoms with Crippen LogP contribution in [0.4, 0.5) is 4.39 Å². The predicted octanol–water partition coefficient (Wildman–Crippen LogP) is 1.58. The lowest BCUT2D eigenvalue weighted by Crippen LogP contribution is -2.39. The first-order valence-corrected chi connectivity index (χ1v) is 6.61. The standard InChI is InChI=1S/C15H19FN2O2/c1-11(12-9-17-10-12)15(19)18(2)6-7-20-14-5-3-4-13(16)8-14/h3-5,8,17H,6-7,9-10H2,1-2H3. The van der Waals surface area contributed by atoms with Gasteiger partial charge in [0.1, 0.15) is 18.2 Å². The Morgan fingerprint density at radius 2 is 2.20 bits per heavy atom. The summed E-state index contributed by atoms with van der Waals surface area (Å²) >= 11 is 0. The zero-order valence-corrected chi connectivity index (χ0v) is 11.8. The van der Waals surface area contributed by atoms with Crippen LogP contribution in [0.15, 0.2) is 35.4 Å². The number of nitrogens with one attached hydrogen (secondary N) is 1. The summed E-state index contributed by atoms with van der Waals surface area (Å²) in [6.07, 6.45) is 0. The number of nitrogens with zero attached hydrogens (tertiary/aromatic N) is 1. The molecule has 1 aliphatic heterocycles. The first-order chi connectivity index (χ1) is 9.58. The molecule has 1 aliphatic rings. The van der Waals surface area contributed by atoms with Crippen molar-refractivity contribution >= 4 is 5.91 Å². The van der Waals surface area contributed by atoms with E-state index in [1.165, 1.54) is 12.1 Å². The van der Waals surface area contributed by atoms with Crippen molar-refractivity contribution in [3.63, 3.8) is 0 Å². The van der Waals surface area contributed by atoms with Crippen LogP contribution in [0.25, 0.3) is 0 Å². The summed E-state index contributed by atoms with van der Waals surface area (Å²) in [5.41, 5.74) is 1.96. The fourth-order valence-corrected chi connectivity index (χ4v) is 1.91. The molecule has 1 saturated heterocycles. The van der Waals surface area contributed by atoms with Crippen LogP contribution in [0.5, 0.6) is 5.75 Å². The SMILES string of the molecule is CC(C(=O)N(C)CCOc1cccc(F)c1)=C1CNC1. The lowest BCUT2D eigenvalue weighted by molar-refractivity contribution is -0.126. The average molecular weight is 278 g/mol. The zero-order valence-electron chi connectivity index (χ0n) is 11.8. The van der Waals surface area contributed by atoms with Gasteiger partial charge in [-0.3, -0.25) is 4.79 Å². The second-order valence-electron chi connectivity index (χ2n) is 4.86. The molecule has 0 unspecified atom stereocenters.